The zero-order valence-electron chi connectivity index (χ0n) is 16.0. The van der Waals surface area contributed by atoms with Crippen molar-refractivity contribution in [3.63, 3.8) is 0 Å². The van der Waals surface area contributed by atoms with Crippen molar-refractivity contribution in [1.29, 1.82) is 0 Å². The van der Waals surface area contributed by atoms with E-state index in [4.69, 9.17) is 9.47 Å². The van der Waals surface area contributed by atoms with Gasteiger partial charge < -0.3 is 14.8 Å². The number of hydrogen-bond acceptors (Lipinski definition) is 4. The average molecular weight is 365 g/mol. The van der Waals surface area contributed by atoms with Gasteiger partial charge in [-0.25, -0.2) is 0 Å². The van der Waals surface area contributed by atoms with Crippen LogP contribution in [-0.2, 0) is 6.54 Å². The summed E-state index contributed by atoms with van der Waals surface area (Å²) in [6.07, 6.45) is 6.62. The SMILES string of the molecule is COc1ccccc1CNC1CCCC(Oc2ccc3[nH]ncc3c2C)C1. The number of aromatic nitrogens is 2. The summed E-state index contributed by atoms with van der Waals surface area (Å²) in [4.78, 5) is 0. The first kappa shape index (κ1) is 17.9. The van der Waals surface area contributed by atoms with Crippen molar-refractivity contribution in [2.24, 2.45) is 0 Å². The molecule has 1 fully saturated rings. The van der Waals surface area contributed by atoms with Crippen molar-refractivity contribution in [3.8, 4) is 11.5 Å². The van der Waals surface area contributed by atoms with Gasteiger partial charge in [-0.15, -0.1) is 0 Å². The minimum atomic E-state index is 0.247. The van der Waals surface area contributed by atoms with E-state index in [1.54, 1.807) is 7.11 Å². The van der Waals surface area contributed by atoms with E-state index < -0.39 is 0 Å². The number of ether oxygens (including phenoxy) is 2. The number of H-pyrrole nitrogens is 1. The molecule has 2 atom stereocenters. The van der Waals surface area contributed by atoms with Gasteiger partial charge in [0.25, 0.3) is 0 Å². The number of aryl methyl sites for hydroxylation is 1. The normalized spacial score (nSPS) is 19.9. The number of nitrogens with zero attached hydrogens (tertiary/aromatic N) is 1. The summed E-state index contributed by atoms with van der Waals surface area (Å²) in [6.45, 7) is 2.93. The Morgan fingerprint density at radius 3 is 2.93 bits per heavy atom. The molecule has 1 aromatic heterocycles. The van der Waals surface area contributed by atoms with Gasteiger partial charge in [-0.1, -0.05) is 18.2 Å². The summed E-state index contributed by atoms with van der Waals surface area (Å²) < 4.78 is 11.8. The van der Waals surface area contributed by atoms with E-state index >= 15 is 0 Å². The van der Waals surface area contributed by atoms with Crippen molar-refractivity contribution >= 4 is 10.9 Å². The monoisotopic (exact) mass is 365 g/mol. The summed E-state index contributed by atoms with van der Waals surface area (Å²) >= 11 is 0. The molecular formula is C22H27N3O2. The van der Waals surface area contributed by atoms with Crippen LogP contribution in [0.4, 0.5) is 0 Å². The van der Waals surface area contributed by atoms with Crippen molar-refractivity contribution in [3.05, 3.63) is 53.7 Å². The van der Waals surface area contributed by atoms with Crippen LogP contribution < -0.4 is 14.8 Å². The van der Waals surface area contributed by atoms with Gasteiger partial charge in [-0.2, -0.15) is 5.10 Å². The van der Waals surface area contributed by atoms with E-state index in [1.165, 1.54) is 18.4 Å². The van der Waals surface area contributed by atoms with E-state index in [1.807, 2.05) is 24.4 Å². The molecule has 5 heteroatoms. The topological polar surface area (TPSA) is 59.2 Å². The predicted molar refractivity (Wildman–Crippen MR) is 107 cm³/mol. The van der Waals surface area contributed by atoms with Crippen molar-refractivity contribution < 1.29 is 9.47 Å². The first-order valence-electron chi connectivity index (χ1n) is 9.69. The van der Waals surface area contributed by atoms with Gasteiger partial charge in [-0.05, 0) is 50.8 Å². The fraction of sp³-hybridized carbons (Fsp3) is 0.409. The van der Waals surface area contributed by atoms with Crippen LogP contribution in [0.2, 0.25) is 0 Å². The first-order chi connectivity index (χ1) is 13.2. The summed E-state index contributed by atoms with van der Waals surface area (Å²) in [7, 11) is 1.72. The van der Waals surface area contributed by atoms with Gasteiger partial charge in [0.2, 0.25) is 0 Å². The third-order valence-corrected chi connectivity index (χ3v) is 5.54. The second-order valence-corrected chi connectivity index (χ2v) is 7.32. The number of para-hydroxylation sites is 1. The summed E-state index contributed by atoms with van der Waals surface area (Å²) in [6, 6.07) is 12.8. The molecule has 0 saturated heterocycles. The molecule has 3 aromatic rings. The minimum Gasteiger partial charge on any atom is -0.496 e. The summed E-state index contributed by atoms with van der Waals surface area (Å²) in [5, 5.41) is 12.0. The van der Waals surface area contributed by atoms with Gasteiger partial charge in [0, 0.05) is 29.1 Å². The van der Waals surface area contributed by atoms with Crippen LogP contribution >= 0.6 is 0 Å². The number of aromatic amines is 1. The maximum Gasteiger partial charge on any atom is 0.123 e. The predicted octanol–water partition coefficient (Wildman–Crippen LogP) is 4.36. The number of benzene rings is 2. The average Bonchev–Trinajstić information content (AvgIpc) is 3.19. The number of fused-ring (bicyclic) bond motifs is 1. The van der Waals surface area contributed by atoms with Crippen LogP contribution in [0.25, 0.3) is 10.9 Å². The molecule has 142 valence electrons. The van der Waals surface area contributed by atoms with E-state index in [0.29, 0.717) is 6.04 Å². The third kappa shape index (κ3) is 3.93. The molecular weight excluding hydrogens is 338 g/mol. The zero-order valence-corrected chi connectivity index (χ0v) is 16.0. The molecule has 2 N–H and O–H groups in total. The van der Waals surface area contributed by atoms with Crippen molar-refractivity contribution in [2.75, 3.05) is 7.11 Å². The molecule has 2 aromatic carbocycles. The second kappa shape index (κ2) is 8.01. The lowest BCUT2D eigenvalue weighted by Gasteiger charge is -2.31. The van der Waals surface area contributed by atoms with E-state index in [-0.39, 0.29) is 6.10 Å². The summed E-state index contributed by atoms with van der Waals surface area (Å²) in [5.74, 6) is 1.91. The molecule has 5 nitrogen and oxygen atoms in total. The van der Waals surface area contributed by atoms with Gasteiger partial charge in [0.15, 0.2) is 0 Å². The lowest BCUT2D eigenvalue weighted by Crippen LogP contribution is -2.37. The Kier molecular flexibility index (Phi) is 5.30. The van der Waals surface area contributed by atoms with E-state index in [9.17, 15) is 0 Å². The smallest absolute Gasteiger partial charge is 0.123 e. The Morgan fingerprint density at radius 1 is 1.15 bits per heavy atom. The van der Waals surface area contributed by atoms with Crippen LogP contribution in [0.15, 0.2) is 42.6 Å². The lowest BCUT2D eigenvalue weighted by atomic mass is 9.92. The van der Waals surface area contributed by atoms with Gasteiger partial charge in [-0.3, -0.25) is 5.10 Å². The number of rotatable bonds is 6. The van der Waals surface area contributed by atoms with Gasteiger partial charge in [0.05, 0.1) is 18.8 Å². The van der Waals surface area contributed by atoms with E-state index in [0.717, 1.165) is 47.4 Å². The highest BCUT2D eigenvalue weighted by atomic mass is 16.5. The molecule has 0 aliphatic heterocycles. The van der Waals surface area contributed by atoms with Crippen LogP contribution in [-0.4, -0.2) is 29.5 Å². The first-order valence-corrected chi connectivity index (χ1v) is 9.69. The molecule has 1 aliphatic carbocycles. The second-order valence-electron chi connectivity index (χ2n) is 7.32. The Hall–Kier alpha value is -2.53. The summed E-state index contributed by atoms with van der Waals surface area (Å²) in [5.41, 5.74) is 3.41. The lowest BCUT2D eigenvalue weighted by molar-refractivity contribution is 0.133. The Labute approximate surface area is 160 Å². The standard InChI is InChI=1S/C22H27N3O2/c1-15-19-14-24-25-20(19)10-11-21(15)27-18-8-5-7-17(12-18)23-13-16-6-3-4-9-22(16)26-2/h3-4,6,9-11,14,17-18,23H,5,7-8,12-13H2,1-2H3,(H,24,25). The molecule has 0 amide bonds. The van der Waals surface area contributed by atoms with E-state index in [2.05, 4.69) is 40.6 Å². The number of methoxy groups -OCH3 is 1. The molecule has 1 saturated carbocycles. The fourth-order valence-corrected chi connectivity index (χ4v) is 3.99. The molecule has 4 rings (SSSR count). The minimum absolute atomic E-state index is 0.247. The molecule has 1 heterocycles. The van der Waals surface area contributed by atoms with Crippen LogP contribution in [0.5, 0.6) is 11.5 Å². The fourth-order valence-electron chi connectivity index (χ4n) is 3.99. The molecule has 1 aliphatic rings. The Bertz CT molecular complexity index is 905. The highest BCUT2D eigenvalue weighted by molar-refractivity contribution is 5.83. The Balaban J connectivity index is 1.38. The Morgan fingerprint density at radius 2 is 2.04 bits per heavy atom. The van der Waals surface area contributed by atoms with Crippen LogP contribution in [0, 0.1) is 6.92 Å². The molecule has 0 spiro atoms. The molecule has 27 heavy (non-hydrogen) atoms. The largest absolute Gasteiger partial charge is 0.496 e. The maximum absolute atomic E-state index is 6.38. The molecule has 0 bridgehead atoms. The highest BCUT2D eigenvalue weighted by Gasteiger charge is 2.24. The number of nitrogens with one attached hydrogen (secondary N) is 2. The molecule has 2 unspecified atom stereocenters. The van der Waals surface area contributed by atoms with Gasteiger partial charge >= 0.3 is 0 Å². The van der Waals surface area contributed by atoms with Crippen molar-refractivity contribution in [2.45, 2.75) is 51.3 Å². The van der Waals surface area contributed by atoms with Gasteiger partial charge in [0.1, 0.15) is 17.6 Å². The number of hydrogen-bond donors (Lipinski definition) is 2. The third-order valence-electron chi connectivity index (χ3n) is 5.54. The maximum atomic E-state index is 6.38. The van der Waals surface area contributed by atoms with Crippen molar-refractivity contribution in [1.82, 2.24) is 15.5 Å². The van der Waals surface area contributed by atoms with Crippen LogP contribution in [0.1, 0.15) is 36.8 Å². The zero-order chi connectivity index (χ0) is 18.6. The quantitative estimate of drug-likeness (QED) is 0.681. The highest BCUT2D eigenvalue weighted by Crippen LogP contribution is 2.30. The molecule has 0 radical (unpaired) electrons. The van der Waals surface area contributed by atoms with Crippen LogP contribution in [0.3, 0.4) is 0 Å².